The SMILES string of the molecule is Cc1cccc(CN(C)c2ccc(CO)c(Br)c2)n1. The second-order valence-electron chi connectivity index (χ2n) is 4.56. The van der Waals surface area contributed by atoms with Crippen molar-refractivity contribution in [2.45, 2.75) is 20.1 Å². The molecule has 0 fully saturated rings. The Hall–Kier alpha value is -1.39. The molecule has 0 aliphatic carbocycles. The molecule has 1 N–H and O–H groups in total. The van der Waals surface area contributed by atoms with Crippen LogP contribution >= 0.6 is 15.9 Å². The standard InChI is InChI=1S/C15H17BrN2O/c1-11-4-3-5-13(17-11)9-18(2)14-7-6-12(10-19)15(16)8-14/h3-8,19H,9-10H2,1-2H3. The number of hydrogen-bond acceptors (Lipinski definition) is 3. The van der Waals surface area contributed by atoms with Crippen LogP contribution in [0.4, 0.5) is 5.69 Å². The topological polar surface area (TPSA) is 36.4 Å². The number of anilines is 1. The molecule has 0 unspecified atom stereocenters. The molecule has 19 heavy (non-hydrogen) atoms. The van der Waals surface area contributed by atoms with Crippen LogP contribution in [0.5, 0.6) is 0 Å². The summed E-state index contributed by atoms with van der Waals surface area (Å²) < 4.78 is 0.927. The van der Waals surface area contributed by atoms with Crippen LogP contribution in [0.3, 0.4) is 0 Å². The Bertz CT molecular complexity index is 572. The zero-order chi connectivity index (χ0) is 13.8. The van der Waals surface area contributed by atoms with Crippen molar-refractivity contribution in [3.63, 3.8) is 0 Å². The molecule has 0 aliphatic rings. The lowest BCUT2D eigenvalue weighted by Gasteiger charge is -2.20. The highest BCUT2D eigenvalue weighted by Gasteiger charge is 2.06. The normalized spacial score (nSPS) is 10.5. The fraction of sp³-hybridized carbons (Fsp3) is 0.267. The van der Waals surface area contributed by atoms with Crippen LogP contribution in [0.15, 0.2) is 40.9 Å². The monoisotopic (exact) mass is 320 g/mol. The van der Waals surface area contributed by atoms with Gasteiger partial charge in [-0.2, -0.15) is 0 Å². The van der Waals surface area contributed by atoms with Gasteiger partial charge in [-0.1, -0.05) is 28.1 Å². The van der Waals surface area contributed by atoms with E-state index in [9.17, 15) is 0 Å². The Kier molecular flexibility index (Phi) is 4.56. The van der Waals surface area contributed by atoms with Crippen molar-refractivity contribution < 1.29 is 5.11 Å². The summed E-state index contributed by atoms with van der Waals surface area (Å²) in [6, 6.07) is 12.0. The van der Waals surface area contributed by atoms with E-state index in [2.05, 4.69) is 25.8 Å². The first-order valence-corrected chi connectivity index (χ1v) is 6.92. The van der Waals surface area contributed by atoms with E-state index < -0.39 is 0 Å². The molecule has 0 saturated carbocycles. The molecule has 0 amide bonds. The molecule has 2 rings (SSSR count). The third-order valence-corrected chi connectivity index (χ3v) is 3.73. The maximum Gasteiger partial charge on any atom is 0.0692 e. The van der Waals surface area contributed by atoms with E-state index in [1.165, 1.54) is 0 Å². The Morgan fingerprint density at radius 2 is 2.05 bits per heavy atom. The van der Waals surface area contributed by atoms with Crippen molar-refractivity contribution in [3.05, 3.63) is 57.8 Å². The maximum absolute atomic E-state index is 9.16. The summed E-state index contributed by atoms with van der Waals surface area (Å²) in [5, 5.41) is 9.16. The van der Waals surface area contributed by atoms with E-state index in [1.807, 2.05) is 50.4 Å². The van der Waals surface area contributed by atoms with E-state index in [0.717, 1.165) is 33.7 Å². The van der Waals surface area contributed by atoms with Gasteiger partial charge in [0, 0.05) is 22.9 Å². The van der Waals surface area contributed by atoms with E-state index in [0.29, 0.717) is 0 Å². The Labute approximate surface area is 122 Å². The van der Waals surface area contributed by atoms with Crippen LogP contribution in [0.25, 0.3) is 0 Å². The molecular weight excluding hydrogens is 304 g/mol. The lowest BCUT2D eigenvalue weighted by atomic mass is 10.2. The van der Waals surface area contributed by atoms with Crippen LogP contribution < -0.4 is 4.90 Å². The lowest BCUT2D eigenvalue weighted by molar-refractivity contribution is 0.281. The molecule has 1 heterocycles. The highest BCUT2D eigenvalue weighted by molar-refractivity contribution is 9.10. The van der Waals surface area contributed by atoms with Gasteiger partial charge in [-0.15, -0.1) is 0 Å². The molecule has 0 atom stereocenters. The quantitative estimate of drug-likeness (QED) is 0.939. The average molecular weight is 321 g/mol. The molecule has 1 aromatic heterocycles. The largest absolute Gasteiger partial charge is 0.392 e. The first-order chi connectivity index (χ1) is 9.10. The van der Waals surface area contributed by atoms with Crippen molar-refractivity contribution in [1.29, 1.82) is 0 Å². The van der Waals surface area contributed by atoms with Crippen molar-refractivity contribution in [1.82, 2.24) is 4.98 Å². The maximum atomic E-state index is 9.16. The van der Waals surface area contributed by atoms with Crippen molar-refractivity contribution in [2.75, 3.05) is 11.9 Å². The van der Waals surface area contributed by atoms with E-state index in [-0.39, 0.29) is 6.61 Å². The summed E-state index contributed by atoms with van der Waals surface area (Å²) in [5.74, 6) is 0. The second-order valence-corrected chi connectivity index (χ2v) is 5.41. The van der Waals surface area contributed by atoms with Crippen LogP contribution in [-0.4, -0.2) is 17.1 Å². The third-order valence-electron chi connectivity index (χ3n) is 2.99. The van der Waals surface area contributed by atoms with Gasteiger partial charge in [0.25, 0.3) is 0 Å². The number of nitrogens with zero attached hydrogens (tertiary/aromatic N) is 2. The van der Waals surface area contributed by atoms with Gasteiger partial charge >= 0.3 is 0 Å². The van der Waals surface area contributed by atoms with Gasteiger partial charge in [0.2, 0.25) is 0 Å². The first-order valence-electron chi connectivity index (χ1n) is 6.13. The molecular formula is C15H17BrN2O. The fourth-order valence-corrected chi connectivity index (χ4v) is 2.42. The fourth-order valence-electron chi connectivity index (χ4n) is 1.92. The van der Waals surface area contributed by atoms with Crippen LogP contribution in [-0.2, 0) is 13.2 Å². The van der Waals surface area contributed by atoms with Crippen molar-refractivity contribution in [3.8, 4) is 0 Å². The molecule has 4 heteroatoms. The van der Waals surface area contributed by atoms with Gasteiger partial charge in [0.1, 0.15) is 0 Å². The highest BCUT2D eigenvalue weighted by Crippen LogP contribution is 2.24. The summed E-state index contributed by atoms with van der Waals surface area (Å²) in [4.78, 5) is 6.63. The van der Waals surface area contributed by atoms with Crippen LogP contribution in [0.2, 0.25) is 0 Å². The van der Waals surface area contributed by atoms with Gasteiger partial charge in [-0.05, 0) is 36.8 Å². The molecule has 0 aliphatic heterocycles. The zero-order valence-electron chi connectivity index (χ0n) is 11.1. The number of hydrogen-bond donors (Lipinski definition) is 1. The van der Waals surface area contributed by atoms with Gasteiger partial charge < -0.3 is 10.0 Å². The zero-order valence-corrected chi connectivity index (χ0v) is 12.7. The number of aliphatic hydroxyl groups excluding tert-OH is 1. The van der Waals surface area contributed by atoms with Crippen molar-refractivity contribution in [2.24, 2.45) is 0 Å². The number of benzene rings is 1. The molecule has 1 aromatic carbocycles. The number of halogens is 1. The summed E-state index contributed by atoms with van der Waals surface area (Å²) >= 11 is 3.47. The van der Waals surface area contributed by atoms with Gasteiger partial charge in [0.15, 0.2) is 0 Å². The molecule has 0 saturated heterocycles. The molecule has 3 nitrogen and oxygen atoms in total. The lowest BCUT2D eigenvalue weighted by Crippen LogP contribution is -2.17. The second kappa shape index (κ2) is 6.17. The molecule has 100 valence electrons. The minimum absolute atomic E-state index is 0.0456. The summed E-state index contributed by atoms with van der Waals surface area (Å²) in [7, 11) is 2.03. The molecule has 0 bridgehead atoms. The Balaban J connectivity index is 2.15. The minimum Gasteiger partial charge on any atom is -0.392 e. The number of rotatable bonds is 4. The van der Waals surface area contributed by atoms with Gasteiger partial charge in [-0.25, -0.2) is 0 Å². The van der Waals surface area contributed by atoms with Crippen molar-refractivity contribution >= 4 is 21.6 Å². The minimum atomic E-state index is 0.0456. The first kappa shape index (κ1) is 14.0. The summed E-state index contributed by atoms with van der Waals surface area (Å²) in [6.07, 6.45) is 0. The highest BCUT2D eigenvalue weighted by atomic mass is 79.9. The van der Waals surface area contributed by atoms with E-state index >= 15 is 0 Å². The number of aromatic nitrogens is 1. The number of pyridine rings is 1. The number of aryl methyl sites for hydroxylation is 1. The molecule has 0 radical (unpaired) electrons. The van der Waals surface area contributed by atoms with E-state index in [4.69, 9.17) is 5.11 Å². The molecule has 2 aromatic rings. The van der Waals surface area contributed by atoms with E-state index in [1.54, 1.807) is 0 Å². The average Bonchev–Trinajstić information content (AvgIpc) is 2.38. The third kappa shape index (κ3) is 3.55. The Morgan fingerprint density at radius 1 is 1.26 bits per heavy atom. The predicted octanol–water partition coefficient (Wildman–Crippen LogP) is 3.28. The molecule has 0 spiro atoms. The Morgan fingerprint density at radius 3 is 2.68 bits per heavy atom. The van der Waals surface area contributed by atoms with Crippen LogP contribution in [0, 0.1) is 6.92 Å². The summed E-state index contributed by atoms with van der Waals surface area (Å²) in [6.45, 7) is 2.80. The van der Waals surface area contributed by atoms with Gasteiger partial charge in [-0.3, -0.25) is 4.98 Å². The summed E-state index contributed by atoms with van der Waals surface area (Å²) in [5.41, 5.74) is 4.06. The smallest absolute Gasteiger partial charge is 0.0692 e. The van der Waals surface area contributed by atoms with Crippen LogP contribution in [0.1, 0.15) is 17.0 Å². The predicted molar refractivity (Wildman–Crippen MR) is 81.1 cm³/mol. The van der Waals surface area contributed by atoms with Gasteiger partial charge in [0.05, 0.1) is 18.8 Å². The number of aliphatic hydroxyl groups is 1.